The van der Waals surface area contributed by atoms with Gasteiger partial charge in [-0.2, -0.15) is 13.2 Å². The van der Waals surface area contributed by atoms with Gasteiger partial charge in [0.1, 0.15) is 34.5 Å². The Kier molecular flexibility index (Phi) is 6.16. The van der Waals surface area contributed by atoms with Crippen LogP contribution in [0.4, 0.5) is 24.5 Å². The van der Waals surface area contributed by atoms with Gasteiger partial charge in [-0.15, -0.1) is 0 Å². The van der Waals surface area contributed by atoms with Crippen LogP contribution < -0.4 is 14.5 Å². The second kappa shape index (κ2) is 9.70. The highest BCUT2D eigenvalue weighted by atomic mass is 19.4. The molecule has 4 aromatic rings. The molecule has 0 saturated heterocycles. The Labute approximate surface area is 224 Å². The SMILES string of the molecule is O=C(OC(=O)C(F)(F)F)c1coc2cc(Oc3ccncc3C(=O)N3CCN(C4CC4)c4ccccc43)ccc12. The third-order valence-corrected chi connectivity index (χ3v) is 6.70. The van der Waals surface area contributed by atoms with Crippen LogP contribution in [0, 0.1) is 0 Å². The summed E-state index contributed by atoms with van der Waals surface area (Å²) in [6, 6.07) is 14.0. The summed E-state index contributed by atoms with van der Waals surface area (Å²) in [5, 5.41) is 0.114. The minimum absolute atomic E-state index is 0.0935. The largest absolute Gasteiger partial charge is 0.491 e. The first-order valence-electron chi connectivity index (χ1n) is 12.3. The predicted molar refractivity (Wildman–Crippen MR) is 135 cm³/mol. The van der Waals surface area contributed by atoms with E-state index in [0.717, 1.165) is 30.5 Å². The van der Waals surface area contributed by atoms with Gasteiger partial charge < -0.3 is 23.7 Å². The number of benzene rings is 2. The van der Waals surface area contributed by atoms with Crippen molar-refractivity contribution < 1.29 is 41.4 Å². The van der Waals surface area contributed by atoms with Crippen LogP contribution in [0.2, 0.25) is 0 Å². The summed E-state index contributed by atoms with van der Waals surface area (Å²) in [5.74, 6) is -3.96. The lowest BCUT2D eigenvalue weighted by Gasteiger charge is -2.38. The number of hydrogen-bond acceptors (Lipinski definition) is 8. The van der Waals surface area contributed by atoms with Crippen LogP contribution in [0.5, 0.6) is 11.5 Å². The molecule has 0 spiro atoms. The quantitative estimate of drug-likeness (QED) is 0.237. The predicted octanol–water partition coefficient (Wildman–Crippen LogP) is 5.50. The van der Waals surface area contributed by atoms with Crippen molar-refractivity contribution in [3.8, 4) is 11.5 Å². The average molecular weight is 551 g/mol. The number of furan rings is 1. The van der Waals surface area contributed by atoms with Gasteiger partial charge in [-0.1, -0.05) is 12.1 Å². The lowest BCUT2D eigenvalue weighted by Crippen LogP contribution is -2.45. The van der Waals surface area contributed by atoms with E-state index < -0.39 is 18.1 Å². The summed E-state index contributed by atoms with van der Waals surface area (Å²) >= 11 is 0. The zero-order valence-corrected chi connectivity index (χ0v) is 20.7. The fraction of sp³-hybridized carbons (Fsp3) is 0.214. The van der Waals surface area contributed by atoms with E-state index >= 15 is 0 Å². The fourth-order valence-electron chi connectivity index (χ4n) is 4.69. The molecule has 0 N–H and O–H groups in total. The van der Waals surface area contributed by atoms with Gasteiger partial charge in [0, 0.05) is 43.0 Å². The molecule has 3 heterocycles. The molecule has 0 radical (unpaired) electrons. The van der Waals surface area contributed by atoms with Gasteiger partial charge >= 0.3 is 18.1 Å². The third kappa shape index (κ3) is 4.72. The first-order valence-corrected chi connectivity index (χ1v) is 12.3. The number of carbonyl (C=O) groups excluding carboxylic acids is 3. The summed E-state index contributed by atoms with van der Waals surface area (Å²) in [5.41, 5.74) is 1.77. The maximum atomic E-state index is 13.7. The maximum absolute atomic E-state index is 13.7. The van der Waals surface area contributed by atoms with E-state index in [1.54, 1.807) is 4.90 Å². The molecule has 1 fully saturated rings. The first kappa shape index (κ1) is 25.4. The van der Waals surface area contributed by atoms with Crippen molar-refractivity contribution in [3.05, 3.63) is 78.3 Å². The van der Waals surface area contributed by atoms with Crippen LogP contribution in [0.25, 0.3) is 11.0 Å². The number of fused-ring (bicyclic) bond motifs is 2. The number of ether oxygens (including phenoxy) is 2. The van der Waals surface area contributed by atoms with Crippen LogP contribution in [-0.2, 0) is 9.53 Å². The number of amides is 1. The van der Waals surface area contributed by atoms with Gasteiger partial charge in [0.25, 0.3) is 5.91 Å². The zero-order valence-electron chi connectivity index (χ0n) is 20.7. The molecule has 0 bridgehead atoms. The normalized spacial score (nSPS) is 15.1. The molecule has 12 heteroatoms. The Morgan fingerprint density at radius 3 is 2.50 bits per heavy atom. The van der Waals surface area contributed by atoms with Gasteiger partial charge in [0.05, 0.1) is 11.4 Å². The number of carbonyl (C=O) groups is 3. The molecule has 1 aliphatic heterocycles. The van der Waals surface area contributed by atoms with Crippen LogP contribution in [0.15, 0.2) is 71.6 Å². The molecular weight excluding hydrogens is 531 g/mol. The molecule has 0 unspecified atom stereocenters. The first-order chi connectivity index (χ1) is 19.2. The van der Waals surface area contributed by atoms with E-state index in [4.69, 9.17) is 9.15 Å². The minimum Gasteiger partial charge on any atom is -0.463 e. The fourth-order valence-corrected chi connectivity index (χ4v) is 4.69. The lowest BCUT2D eigenvalue weighted by atomic mass is 10.1. The Morgan fingerprint density at radius 2 is 1.75 bits per heavy atom. The molecule has 1 amide bonds. The summed E-state index contributed by atoms with van der Waals surface area (Å²) in [4.78, 5) is 45.0. The number of halogens is 3. The van der Waals surface area contributed by atoms with Crippen LogP contribution in [0.3, 0.4) is 0 Å². The van der Waals surface area contributed by atoms with Gasteiger partial charge in [0.2, 0.25) is 0 Å². The van der Waals surface area contributed by atoms with Crippen molar-refractivity contribution in [2.24, 2.45) is 0 Å². The van der Waals surface area contributed by atoms with Gasteiger partial charge in [-0.05, 0) is 43.2 Å². The van der Waals surface area contributed by atoms with E-state index in [-0.39, 0.29) is 39.5 Å². The highest BCUT2D eigenvalue weighted by Crippen LogP contribution is 2.41. The second-order valence-electron chi connectivity index (χ2n) is 9.33. The number of anilines is 2. The Morgan fingerprint density at radius 1 is 0.975 bits per heavy atom. The van der Waals surface area contributed by atoms with Crippen molar-refractivity contribution in [2.45, 2.75) is 25.1 Å². The van der Waals surface area contributed by atoms with Gasteiger partial charge in [0.15, 0.2) is 0 Å². The minimum atomic E-state index is -5.32. The number of para-hydroxylation sites is 2. The Hall–Kier alpha value is -4.87. The molecule has 2 aliphatic rings. The molecule has 204 valence electrons. The lowest BCUT2D eigenvalue weighted by molar-refractivity contribution is -0.193. The summed E-state index contributed by atoms with van der Waals surface area (Å²) < 4.78 is 52.6. The number of hydrogen-bond donors (Lipinski definition) is 0. The van der Waals surface area contributed by atoms with Crippen molar-refractivity contribution in [1.29, 1.82) is 0 Å². The maximum Gasteiger partial charge on any atom is 0.491 e. The molecule has 0 atom stereocenters. The summed E-state index contributed by atoms with van der Waals surface area (Å²) in [7, 11) is 0. The van der Waals surface area contributed by atoms with Crippen molar-refractivity contribution >= 4 is 40.2 Å². The number of alkyl halides is 3. The van der Waals surface area contributed by atoms with Crippen LogP contribution in [-0.4, -0.2) is 48.1 Å². The summed E-state index contributed by atoms with van der Waals surface area (Å²) in [6.07, 6.45) is 0.741. The number of nitrogens with zero attached hydrogens (tertiary/aromatic N) is 3. The van der Waals surface area contributed by atoms with Crippen molar-refractivity contribution in [3.63, 3.8) is 0 Å². The van der Waals surface area contributed by atoms with Crippen LogP contribution in [0.1, 0.15) is 33.6 Å². The monoisotopic (exact) mass is 551 g/mol. The molecule has 2 aromatic heterocycles. The van der Waals surface area contributed by atoms with Gasteiger partial charge in [-0.3, -0.25) is 9.78 Å². The third-order valence-electron chi connectivity index (χ3n) is 6.70. The molecule has 40 heavy (non-hydrogen) atoms. The Balaban J connectivity index is 1.24. The molecule has 1 saturated carbocycles. The van der Waals surface area contributed by atoms with Crippen molar-refractivity contribution in [2.75, 3.05) is 22.9 Å². The van der Waals surface area contributed by atoms with E-state index in [0.29, 0.717) is 19.1 Å². The highest BCUT2D eigenvalue weighted by molar-refractivity contribution is 6.10. The molecular formula is C28H20F3N3O6. The smallest absolute Gasteiger partial charge is 0.463 e. The standard InChI is InChI=1S/C28H20F3N3O6/c29-28(30,31)27(37)40-26(36)20-15-38-24-13-17(7-8-18(20)24)39-23-9-10-32-14-19(23)25(35)34-12-11-33(16-5-6-16)21-3-1-2-4-22(21)34/h1-4,7-10,13-16H,5-6,11-12H2. The molecule has 2 aromatic carbocycles. The number of aromatic nitrogens is 1. The van der Waals surface area contributed by atoms with Crippen LogP contribution >= 0.6 is 0 Å². The van der Waals surface area contributed by atoms with E-state index in [1.807, 2.05) is 24.3 Å². The zero-order chi connectivity index (χ0) is 28.0. The average Bonchev–Trinajstić information content (AvgIpc) is 3.70. The second-order valence-corrected chi connectivity index (χ2v) is 9.33. The summed E-state index contributed by atoms with van der Waals surface area (Å²) in [6.45, 7) is 1.20. The molecule has 9 nitrogen and oxygen atoms in total. The number of pyridine rings is 1. The number of esters is 2. The molecule has 1 aliphatic carbocycles. The topological polar surface area (TPSA) is 102 Å². The van der Waals surface area contributed by atoms with E-state index in [2.05, 4.69) is 14.6 Å². The highest BCUT2D eigenvalue weighted by Gasteiger charge is 2.43. The van der Waals surface area contributed by atoms with E-state index in [9.17, 15) is 27.6 Å². The molecule has 6 rings (SSSR count). The van der Waals surface area contributed by atoms with Crippen molar-refractivity contribution in [1.82, 2.24) is 4.98 Å². The van der Waals surface area contributed by atoms with E-state index in [1.165, 1.54) is 36.7 Å². The van der Waals surface area contributed by atoms with Gasteiger partial charge in [-0.25, -0.2) is 9.59 Å². The Bertz CT molecular complexity index is 1650. The number of rotatable bonds is 5.